The second kappa shape index (κ2) is 9.37. The maximum atomic E-state index is 2.59. The molecule has 3 aromatic carbocycles. The van der Waals surface area contributed by atoms with E-state index in [9.17, 15) is 0 Å². The molecule has 1 aliphatic rings. The van der Waals surface area contributed by atoms with Gasteiger partial charge in [-0.3, -0.25) is 0 Å². The minimum atomic E-state index is 0.165. The molecular weight excluding hydrogens is 398 g/mol. The summed E-state index contributed by atoms with van der Waals surface area (Å²) in [7, 11) is 2.22. The first kappa shape index (κ1) is 22.3. The molecule has 33 heavy (non-hydrogen) atoms. The predicted molar refractivity (Wildman–Crippen MR) is 144 cm³/mol. The molecular formula is C32H39N. The van der Waals surface area contributed by atoms with Gasteiger partial charge in [0.05, 0.1) is 0 Å². The average molecular weight is 438 g/mol. The highest BCUT2D eigenvalue weighted by Gasteiger charge is 2.42. The Hall–Kier alpha value is -2.54. The Morgan fingerprint density at radius 1 is 0.606 bits per heavy atom. The van der Waals surface area contributed by atoms with Crippen molar-refractivity contribution in [2.24, 2.45) is 7.05 Å². The smallest absolute Gasteiger partial charge is 0.0495 e. The minimum absolute atomic E-state index is 0.165. The first-order valence-corrected chi connectivity index (χ1v) is 13.3. The van der Waals surface area contributed by atoms with Crippen LogP contribution in [0.25, 0.3) is 32.9 Å². The lowest BCUT2D eigenvalue weighted by Gasteiger charge is -2.33. The number of benzene rings is 3. The number of unbranched alkanes of at least 4 members (excludes halogenated alkanes) is 6. The van der Waals surface area contributed by atoms with Crippen LogP contribution in [-0.4, -0.2) is 4.57 Å². The molecule has 0 atom stereocenters. The largest absolute Gasteiger partial charge is 0.344 e. The van der Waals surface area contributed by atoms with Crippen LogP contribution in [0.3, 0.4) is 0 Å². The van der Waals surface area contributed by atoms with E-state index in [0.717, 1.165) is 0 Å². The molecule has 0 unspecified atom stereocenters. The van der Waals surface area contributed by atoms with Gasteiger partial charge in [0.25, 0.3) is 0 Å². The van der Waals surface area contributed by atoms with Crippen LogP contribution in [0.4, 0.5) is 0 Å². The van der Waals surface area contributed by atoms with E-state index in [2.05, 4.69) is 86.1 Å². The van der Waals surface area contributed by atoms with E-state index in [0.29, 0.717) is 0 Å². The van der Waals surface area contributed by atoms with E-state index in [1.165, 1.54) is 97.1 Å². The second-order valence-corrected chi connectivity index (χ2v) is 10.2. The highest BCUT2D eigenvalue weighted by molar-refractivity contribution is 6.10. The number of hydrogen-bond acceptors (Lipinski definition) is 0. The average Bonchev–Trinajstić information content (AvgIpc) is 3.29. The quantitative estimate of drug-likeness (QED) is 0.218. The molecule has 1 nitrogen and oxygen atoms in total. The molecule has 5 rings (SSSR count). The molecule has 0 spiro atoms. The van der Waals surface area contributed by atoms with Crippen molar-refractivity contribution < 1.29 is 0 Å². The van der Waals surface area contributed by atoms with Gasteiger partial charge < -0.3 is 4.57 Å². The van der Waals surface area contributed by atoms with Crippen molar-refractivity contribution in [2.75, 3.05) is 0 Å². The van der Waals surface area contributed by atoms with E-state index in [1.807, 2.05) is 0 Å². The van der Waals surface area contributed by atoms with Crippen molar-refractivity contribution in [1.29, 1.82) is 0 Å². The second-order valence-electron chi connectivity index (χ2n) is 10.2. The Morgan fingerprint density at radius 2 is 1.27 bits per heavy atom. The maximum absolute atomic E-state index is 2.59. The topological polar surface area (TPSA) is 4.93 Å². The monoisotopic (exact) mass is 437 g/mol. The van der Waals surface area contributed by atoms with E-state index in [1.54, 1.807) is 11.1 Å². The lowest BCUT2D eigenvalue weighted by molar-refractivity contribution is 0.401. The van der Waals surface area contributed by atoms with Crippen molar-refractivity contribution in [3.8, 4) is 11.1 Å². The van der Waals surface area contributed by atoms with E-state index >= 15 is 0 Å². The van der Waals surface area contributed by atoms with Gasteiger partial charge in [0, 0.05) is 34.3 Å². The summed E-state index contributed by atoms with van der Waals surface area (Å²) in [6, 6.07) is 23.3. The fraction of sp³-hybridized carbons (Fsp3) is 0.438. The Morgan fingerprint density at radius 3 is 2.00 bits per heavy atom. The van der Waals surface area contributed by atoms with Gasteiger partial charge in [-0.05, 0) is 53.3 Å². The normalized spacial score (nSPS) is 14.2. The summed E-state index contributed by atoms with van der Waals surface area (Å²) in [5.41, 5.74) is 9.01. The van der Waals surface area contributed by atoms with Crippen LogP contribution in [0.1, 0.15) is 89.2 Å². The third-order valence-corrected chi connectivity index (χ3v) is 8.22. The molecule has 0 aliphatic heterocycles. The number of aryl methyl sites for hydroxylation is 1. The molecule has 0 saturated carbocycles. The Balaban J connectivity index is 1.70. The molecule has 1 heterocycles. The molecule has 172 valence electrons. The lowest BCUT2D eigenvalue weighted by atomic mass is 9.70. The number of para-hydroxylation sites is 1. The fourth-order valence-electron chi connectivity index (χ4n) is 6.48. The van der Waals surface area contributed by atoms with Crippen LogP contribution in [0.15, 0.2) is 60.7 Å². The van der Waals surface area contributed by atoms with Crippen LogP contribution in [-0.2, 0) is 12.5 Å². The molecule has 0 N–H and O–H groups in total. The summed E-state index contributed by atoms with van der Waals surface area (Å²) in [5, 5.41) is 2.81. The molecule has 0 bridgehead atoms. The number of nitrogens with zero attached hydrogens (tertiary/aromatic N) is 1. The Bertz CT molecular complexity index is 1250. The van der Waals surface area contributed by atoms with Crippen molar-refractivity contribution in [3.63, 3.8) is 0 Å². The third kappa shape index (κ3) is 3.70. The summed E-state index contributed by atoms with van der Waals surface area (Å²) in [5.74, 6) is 0. The standard InChI is InChI=1S/C32H39N/c1-4-6-8-14-20-32(21-15-9-7-5-2)28-18-12-10-16-24(28)26-23-31-27(22-29(26)32)25-17-11-13-19-30(25)33(31)3/h10-13,16-19,22-23H,4-9,14-15,20-21H2,1-3H3. The van der Waals surface area contributed by atoms with Gasteiger partial charge in [-0.2, -0.15) is 0 Å². The number of fused-ring (bicyclic) bond motifs is 6. The van der Waals surface area contributed by atoms with Gasteiger partial charge in [-0.15, -0.1) is 0 Å². The zero-order valence-electron chi connectivity index (χ0n) is 20.8. The zero-order valence-corrected chi connectivity index (χ0v) is 20.8. The van der Waals surface area contributed by atoms with Gasteiger partial charge in [0.2, 0.25) is 0 Å². The molecule has 0 radical (unpaired) electrons. The predicted octanol–water partition coefficient (Wildman–Crippen LogP) is 9.54. The van der Waals surface area contributed by atoms with E-state index < -0.39 is 0 Å². The minimum Gasteiger partial charge on any atom is -0.344 e. The van der Waals surface area contributed by atoms with Gasteiger partial charge >= 0.3 is 0 Å². The summed E-state index contributed by atoms with van der Waals surface area (Å²) in [4.78, 5) is 0. The van der Waals surface area contributed by atoms with Gasteiger partial charge in [0.15, 0.2) is 0 Å². The highest BCUT2D eigenvalue weighted by atomic mass is 14.9. The maximum Gasteiger partial charge on any atom is 0.0495 e. The van der Waals surface area contributed by atoms with Gasteiger partial charge in [0.1, 0.15) is 0 Å². The van der Waals surface area contributed by atoms with E-state index in [-0.39, 0.29) is 5.41 Å². The molecule has 0 fully saturated rings. The summed E-state index contributed by atoms with van der Waals surface area (Å²) < 4.78 is 2.38. The number of aromatic nitrogens is 1. The van der Waals surface area contributed by atoms with Crippen molar-refractivity contribution in [2.45, 2.75) is 83.5 Å². The van der Waals surface area contributed by atoms with Crippen molar-refractivity contribution >= 4 is 21.8 Å². The van der Waals surface area contributed by atoms with Crippen molar-refractivity contribution in [1.82, 2.24) is 4.57 Å². The van der Waals surface area contributed by atoms with Crippen LogP contribution >= 0.6 is 0 Å². The Labute approximate surface area is 199 Å². The van der Waals surface area contributed by atoms with Crippen LogP contribution < -0.4 is 0 Å². The zero-order chi connectivity index (χ0) is 22.8. The fourth-order valence-corrected chi connectivity index (χ4v) is 6.48. The molecule has 1 aliphatic carbocycles. The number of hydrogen-bond donors (Lipinski definition) is 0. The first-order valence-electron chi connectivity index (χ1n) is 13.3. The Kier molecular flexibility index (Phi) is 6.32. The molecule has 1 heteroatoms. The SMILES string of the molecule is CCCCCCC1(CCCCCC)c2ccccc2-c2cc3c(cc21)c1ccccc1n3C. The number of rotatable bonds is 10. The van der Waals surface area contributed by atoms with Gasteiger partial charge in [-0.25, -0.2) is 0 Å². The van der Waals surface area contributed by atoms with Gasteiger partial charge in [-0.1, -0.05) is 108 Å². The van der Waals surface area contributed by atoms with Crippen molar-refractivity contribution in [3.05, 3.63) is 71.8 Å². The van der Waals surface area contributed by atoms with Crippen LogP contribution in [0.2, 0.25) is 0 Å². The summed E-state index contributed by atoms with van der Waals surface area (Å²) in [6.07, 6.45) is 13.2. The van der Waals surface area contributed by atoms with Crippen LogP contribution in [0, 0.1) is 0 Å². The lowest BCUT2D eigenvalue weighted by Crippen LogP contribution is -2.25. The van der Waals surface area contributed by atoms with Crippen LogP contribution in [0.5, 0.6) is 0 Å². The molecule has 0 saturated heterocycles. The third-order valence-electron chi connectivity index (χ3n) is 8.22. The van der Waals surface area contributed by atoms with E-state index in [4.69, 9.17) is 0 Å². The summed E-state index contributed by atoms with van der Waals surface area (Å²) in [6.45, 7) is 4.63. The highest BCUT2D eigenvalue weighted by Crippen LogP contribution is 2.55. The molecule has 1 aromatic heterocycles. The molecule has 4 aromatic rings. The summed E-state index contributed by atoms with van der Waals surface area (Å²) >= 11 is 0. The first-order chi connectivity index (χ1) is 16.2. The molecule has 0 amide bonds.